The zero-order chi connectivity index (χ0) is 42.3. The van der Waals surface area contributed by atoms with Crippen LogP contribution in [-0.4, -0.2) is 0 Å². The number of rotatable bonds is 4. The third-order valence-electron chi connectivity index (χ3n) is 14.9. The molecule has 0 bridgehead atoms. The highest BCUT2D eigenvalue weighted by Gasteiger charge is 2.53. The van der Waals surface area contributed by atoms with Crippen LogP contribution in [0.3, 0.4) is 0 Å². The number of para-hydroxylation sites is 1. The molecule has 0 radical (unpaired) electrons. The van der Waals surface area contributed by atoms with E-state index in [0.29, 0.717) is 0 Å². The van der Waals surface area contributed by atoms with Gasteiger partial charge in [-0.25, -0.2) is 0 Å². The van der Waals surface area contributed by atoms with Crippen LogP contribution in [0.4, 0.5) is 17.1 Å². The minimum atomic E-state index is -0.482. The summed E-state index contributed by atoms with van der Waals surface area (Å²) in [6.07, 6.45) is 0. The Morgan fingerprint density at radius 1 is 0.359 bits per heavy atom. The summed E-state index contributed by atoms with van der Waals surface area (Å²) in [5.41, 5.74) is 22.8. The van der Waals surface area contributed by atoms with Gasteiger partial charge in [-0.15, -0.1) is 0 Å². The lowest BCUT2D eigenvalue weighted by Crippen LogP contribution is -2.26. The van der Waals surface area contributed by atoms with E-state index in [2.05, 4.69) is 219 Å². The summed E-state index contributed by atoms with van der Waals surface area (Å²) in [5.74, 6) is 0. The first-order valence-electron chi connectivity index (χ1n) is 22.4. The molecule has 3 aliphatic carbocycles. The van der Waals surface area contributed by atoms with E-state index in [0.717, 1.165) is 44.4 Å². The number of anilines is 3. The highest BCUT2D eigenvalue weighted by molar-refractivity contribution is 6.08. The topological polar surface area (TPSA) is 16.4 Å². The summed E-state index contributed by atoms with van der Waals surface area (Å²) in [6, 6.07) is 79.1. The van der Waals surface area contributed by atoms with Crippen LogP contribution in [0.2, 0.25) is 0 Å². The average molecular weight is 816 g/mol. The zero-order valence-electron chi connectivity index (χ0n) is 35.6. The molecule has 2 nitrogen and oxygen atoms in total. The van der Waals surface area contributed by atoms with Crippen molar-refractivity contribution in [2.45, 2.75) is 24.7 Å². The van der Waals surface area contributed by atoms with Gasteiger partial charge in [-0.05, 0) is 132 Å². The molecule has 64 heavy (non-hydrogen) atoms. The average Bonchev–Trinajstić information content (AvgIpc) is 4.04. The van der Waals surface area contributed by atoms with E-state index >= 15 is 0 Å². The second-order valence-electron chi connectivity index (χ2n) is 18.3. The fraction of sp³-hybridized carbons (Fsp3) is 0.0645. The minimum absolute atomic E-state index is 0.151. The largest absolute Gasteiger partial charge is 0.456 e. The quantitative estimate of drug-likeness (QED) is 0.176. The van der Waals surface area contributed by atoms with E-state index < -0.39 is 5.41 Å². The third kappa shape index (κ3) is 4.59. The maximum Gasteiger partial charge on any atom is 0.136 e. The molecule has 300 valence electrons. The molecular weight excluding hydrogens is 775 g/mol. The van der Waals surface area contributed by atoms with Gasteiger partial charge in [0, 0.05) is 33.1 Å². The second-order valence-corrected chi connectivity index (χ2v) is 18.3. The van der Waals surface area contributed by atoms with E-state index in [9.17, 15) is 0 Å². The van der Waals surface area contributed by atoms with Crippen LogP contribution in [0.15, 0.2) is 217 Å². The predicted octanol–water partition coefficient (Wildman–Crippen LogP) is 16.5. The van der Waals surface area contributed by atoms with Gasteiger partial charge in [-0.3, -0.25) is 0 Å². The van der Waals surface area contributed by atoms with Crippen LogP contribution in [0.25, 0.3) is 77.2 Å². The SMILES string of the molecule is CC1(C)c2ccccc2-c2ccc(N(c3ccc(-c4ccc5c(c4)oc4ccccc45)cc3)c3cccc4c3-c3ccccc3C43c4ccccc4-c4c3ccc3ccccc43)cc21. The maximum absolute atomic E-state index is 6.34. The van der Waals surface area contributed by atoms with Gasteiger partial charge in [0.1, 0.15) is 11.2 Å². The van der Waals surface area contributed by atoms with Crippen LogP contribution in [0, 0.1) is 0 Å². The fourth-order valence-electron chi connectivity index (χ4n) is 12.1. The Bertz CT molecular complexity index is 3770. The molecule has 1 spiro atoms. The summed E-state index contributed by atoms with van der Waals surface area (Å²) in [7, 11) is 0. The molecule has 0 fully saturated rings. The molecule has 14 rings (SSSR count). The van der Waals surface area contributed by atoms with E-state index in [-0.39, 0.29) is 5.41 Å². The van der Waals surface area contributed by atoms with Crippen molar-refractivity contribution in [3.05, 3.63) is 246 Å². The van der Waals surface area contributed by atoms with Gasteiger partial charge in [0.15, 0.2) is 0 Å². The first-order chi connectivity index (χ1) is 31.5. The van der Waals surface area contributed by atoms with Crippen molar-refractivity contribution in [1.29, 1.82) is 0 Å². The Morgan fingerprint density at radius 2 is 0.953 bits per heavy atom. The number of nitrogens with zero attached hydrogens (tertiary/aromatic N) is 1. The lowest BCUT2D eigenvalue weighted by molar-refractivity contribution is 0.660. The zero-order valence-corrected chi connectivity index (χ0v) is 35.6. The Kier molecular flexibility index (Phi) is 7.13. The summed E-state index contributed by atoms with van der Waals surface area (Å²) in [5, 5.41) is 4.85. The van der Waals surface area contributed by atoms with Gasteiger partial charge in [0.05, 0.1) is 11.1 Å². The van der Waals surface area contributed by atoms with Gasteiger partial charge in [0.25, 0.3) is 0 Å². The molecule has 3 aliphatic rings. The fourth-order valence-corrected chi connectivity index (χ4v) is 12.1. The number of hydrogen-bond acceptors (Lipinski definition) is 2. The molecule has 2 heteroatoms. The van der Waals surface area contributed by atoms with Crippen LogP contribution >= 0.6 is 0 Å². The highest BCUT2D eigenvalue weighted by atomic mass is 16.3. The summed E-state index contributed by atoms with van der Waals surface area (Å²) >= 11 is 0. The molecule has 1 atom stereocenters. The molecule has 0 N–H and O–H groups in total. The normalized spacial score (nSPS) is 15.8. The predicted molar refractivity (Wildman–Crippen MR) is 265 cm³/mol. The number of furan rings is 1. The molecular formula is C62H41NO. The summed E-state index contributed by atoms with van der Waals surface area (Å²) < 4.78 is 6.34. The number of benzene rings is 10. The lowest BCUT2D eigenvalue weighted by Gasteiger charge is -2.32. The first kappa shape index (κ1) is 35.6. The van der Waals surface area contributed by atoms with E-state index in [4.69, 9.17) is 4.42 Å². The van der Waals surface area contributed by atoms with Crippen LogP contribution < -0.4 is 4.90 Å². The van der Waals surface area contributed by atoms with Crippen molar-refractivity contribution >= 4 is 49.8 Å². The Hall–Kier alpha value is -7.94. The van der Waals surface area contributed by atoms with E-state index in [1.165, 1.54) is 83.2 Å². The highest BCUT2D eigenvalue weighted by Crippen LogP contribution is 2.65. The molecule has 0 saturated heterocycles. The van der Waals surface area contributed by atoms with Crippen molar-refractivity contribution < 1.29 is 4.42 Å². The molecule has 11 aromatic rings. The molecule has 1 heterocycles. The van der Waals surface area contributed by atoms with Gasteiger partial charge in [-0.2, -0.15) is 0 Å². The van der Waals surface area contributed by atoms with Crippen molar-refractivity contribution in [3.8, 4) is 44.5 Å². The van der Waals surface area contributed by atoms with Crippen molar-refractivity contribution in [2.24, 2.45) is 0 Å². The van der Waals surface area contributed by atoms with E-state index in [1.807, 2.05) is 12.1 Å². The summed E-state index contributed by atoms with van der Waals surface area (Å²) in [4.78, 5) is 2.52. The van der Waals surface area contributed by atoms with Crippen molar-refractivity contribution in [3.63, 3.8) is 0 Å². The van der Waals surface area contributed by atoms with Crippen LogP contribution in [-0.2, 0) is 10.8 Å². The Labute approximate surface area is 372 Å². The van der Waals surface area contributed by atoms with Gasteiger partial charge >= 0.3 is 0 Å². The molecule has 10 aromatic carbocycles. The summed E-state index contributed by atoms with van der Waals surface area (Å²) in [6.45, 7) is 4.75. The molecule has 1 unspecified atom stereocenters. The molecule has 1 aromatic heterocycles. The number of fused-ring (bicyclic) bond motifs is 18. The third-order valence-corrected chi connectivity index (χ3v) is 14.9. The maximum atomic E-state index is 6.34. The van der Waals surface area contributed by atoms with Gasteiger partial charge < -0.3 is 9.32 Å². The van der Waals surface area contributed by atoms with Crippen LogP contribution in [0.1, 0.15) is 47.2 Å². The monoisotopic (exact) mass is 815 g/mol. The molecule has 0 aliphatic heterocycles. The van der Waals surface area contributed by atoms with Gasteiger partial charge in [0.2, 0.25) is 0 Å². The Morgan fingerprint density at radius 3 is 1.77 bits per heavy atom. The second kappa shape index (κ2) is 12.8. The van der Waals surface area contributed by atoms with E-state index in [1.54, 1.807) is 0 Å². The number of hydrogen-bond donors (Lipinski definition) is 0. The van der Waals surface area contributed by atoms with Crippen molar-refractivity contribution in [1.82, 2.24) is 0 Å². The standard InChI is InChI=1S/C62H41NO/c1-61(2)50-20-9-5-16-44(50)45-34-32-42(37-55(45)61)63(41-30-26-38(27-31-41)40-28-33-47-46-17-8-12-25-57(46)64-58(47)36-40)56-24-13-23-53-60(56)49-19-7-11-22-52(49)62(53)51-21-10-6-18-48(51)59-43-15-4-3-14-39(43)29-35-54(59)62/h3-37H,1-2H3. The minimum Gasteiger partial charge on any atom is -0.456 e. The van der Waals surface area contributed by atoms with Crippen molar-refractivity contribution in [2.75, 3.05) is 4.90 Å². The lowest BCUT2D eigenvalue weighted by atomic mass is 9.70. The first-order valence-corrected chi connectivity index (χ1v) is 22.4. The Balaban J connectivity index is 1.00. The molecule has 0 saturated carbocycles. The van der Waals surface area contributed by atoms with Gasteiger partial charge in [-0.1, -0.05) is 178 Å². The van der Waals surface area contributed by atoms with Crippen LogP contribution in [0.5, 0.6) is 0 Å². The smallest absolute Gasteiger partial charge is 0.136 e. The molecule has 0 amide bonds.